The van der Waals surface area contributed by atoms with Crippen LogP contribution in [0, 0.1) is 5.92 Å². The molecular weight excluding hydrogens is 238 g/mol. The molecule has 0 bridgehead atoms. The van der Waals surface area contributed by atoms with Gasteiger partial charge in [0.1, 0.15) is 0 Å². The lowest BCUT2D eigenvalue weighted by Gasteiger charge is -2.49. The highest BCUT2D eigenvalue weighted by Gasteiger charge is 2.38. The Hall–Kier alpha value is -1.35. The van der Waals surface area contributed by atoms with Crippen molar-refractivity contribution in [3.05, 3.63) is 29.8 Å². The third-order valence-corrected chi connectivity index (χ3v) is 4.43. The molecule has 104 valence electrons. The minimum atomic E-state index is -0.0509. The summed E-state index contributed by atoms with van der Waals surface area (Å²) in [6.07, 6.45) is 2.18. The van der Waals surface area contributed by atoms with Gasteiger partial charge in [-0.3, -0.25) is 4.79 Å². The fourth-order valence-corrected chi connectivity index (χ4v) is 3.01. The first-order chi connectivity index (χ1) is 8.96. The van der Waals surface area contributed by atoms with Crippen LogP contribution in [0.3, 0.4) is 0 Å². The zero-order valence-electron chi connectivity index (χ0n) is 12.0. The number of hydrogen-bond acceptors (Lipinski definition) is 3. The summed E-state index contributed by atoms with van der Waals surface area (Å²) in [6.45, 7) is 7.19. The Morgan fingerprint density at radius 3 is 2.53 bits per heavy atom. The summed E-state index contributed by atoms with van der Waals surface area (Å²) in [5, 5.41) is 9.54. The standard InChI is InChI=1S/C16H23NO2/c1-12(19)13-6-8-15(9-7-13)17-10-4-5-14(11-18)16(17,2)3/h6-9,14,18H,4-5,10-11H2,1-3H3. The lowest BCUT2D eigenvalue weighted by Crippen LogP contribution is -2.54. The zero-order chi connectivity index (χ0) is 14.0. The van der Waals surface area contributed by atoms with E-state index in [2.05, 4.69) is 18.7 Å². The molecule has 1 fully saturated rings. The van der Waals surface area contributed by atoms with Gasteiger partial charge < -0.3 is 10.0 Å². The number of benzene rings is 1. The van der Waals surface area contributed by atoms with Crippen LogP contribution < -0.4 is 4.90 Å². The molecule has 3 nitrogen and oxygen atoms in total. The van der Waals surface area contributed by atoms with E-state index in [-0.39, 0.29) is 17.9 Å². The number of aliphatic hydroxyl groups is 1. The van der Waals surface area contributed by atoms with Crippen molar-refractivity contribution < 1.29 is 9.90 Å². The smallest absolute Gasteiger partial charge is 0.159 e. The maximum absolute atomic E-state index is 11.3. The van der Waals surface area contributed by atoms with Gasteiger partial charge in [-0.15, -0.1) is 0 Å². The number of piperidine rings is 1. The topological polar surface area (TPSA) is 40.5 Å². The van der Waals surface area contributed by atoms with Crippen LogP contribution in [0.1, 0.15) is 44.0 Å². The Morgan fingerprint density at radius 1 is 1.37 bits per heavy atom. The third-order valence-electron chi connectivity index (χ3n) is 4.43. The molecule has 0 aromatic heterocycles. The van der Waals surface area contributed by atoms with E-state index in [1.807, 2.05) is 24.3 Å². The van der Waals surface area contributed by atoms with Gasteiger partial charge in [-0.05, 0) is 57.9 Å². The molecule has 1 N–H and O–H groups in total. The molecule has 1 heterocycles. The summed E-state index contributed by atoms with van der Waals surface area (Å²) in [6, 6.07) is 7.79. The van der Waals surface area contributed by atoms with Crippen LogP contribution in [-0.2, 0) is 0 Å². The minimum absolute atomic E-state index is 0.0509. The molecule has 0 radical (unpaired) electrons. The van der Waals surface area contributed by atoms with Gasteiger partial charge in [-0.25, -0.2) is 0 Å². The first-order valence-corrected chi connectivity index (χ1v) is 6.96. The number of rotatable bonds is 3. The van der Waals surface area contributed by atoms with Crippen LogP contribution in [-0.4, -0.2) is 29.6 Å². The van der Waals surface area contributed by atoms with E-state index in [1.54, 1.807) is 6.92 Å². The summed E-state index contributed by atoms with van der Waals surface area (Å²) in [4.78, 5) is 13.7. The number of aliphatic hydroxyl groups excluding tert-OH is 1. The Kier molecular flexibility index (Phi) is 3.95. The van der Waals surface area contributed by atoms with Crippen molar-refractivity contribution in [2.24, 2.45) is 5.92 Å². The van der Waals surface area contributed by atoms with Crippen LogP contribution in [0.2, 0.25) is 0 Å². The Balaban J connectivity index is 2.27. The minimum Gasteiger partial charge on any atom is -0.396 e. The highest BCUT2D eigenvalue weighted by atomic mass is 16.3. The summed E-state index contributed by atoms with van der Waals surface area (Å²) in [5.41, 5.74) is 1.83. The van der Waals surface area contributed by atoms with Crippen LogP contribution in [0.15, 0.2) is 24.3 Å². The van der Waals surface area contributed by atoms with Crippen molar-refractivity contribution in [1.29, 1.82) is 0 Å². The van der Waals surface area contributed by atoms with Crippen molar-refractivity contribution in [2.45, 2.75) is 39.2 Å². The van der Waals surface area contributed by atoms with E-state index in [0.29, 0.717) is 5.92 Å². The van der Waals surface area contributed by atoms with Crippen LogP contribution in [0.25, 0.3) is 0 Å². The molecule has 1 aliphatic rings. The average molecular weight is 261 g/mol. The number of hydrogen-bond donors (Lipinski definition) is 1. The molecule has 1 aromatic rings. The van der Waals surface area contributed by atoms with Crippen molar-refractivity contribution in [3.63, 3.8) is 0 Å². The molecule has 1 aliphatic heterocycles. The monoisotopic (exact) mass is 261 g/mol. The quantitative estimate of drug-likeness (QED) is 0.851. The van der Waals surface area contributed by atoms with Gasteiger partial charge in [-0.1, -0.05) is 0 Å². The normalized spacial score (nSPS) is 22.3. The summed E-state index contributed by atoms with van der Waals surface area (Å²) >= 11 is 0. The molecule has 1 saturated heterocycles. The number of nitrogens with zero attached hydrogens (tertiary/aromatic N) is 1. The Bertz CT molecular complexity index is 450. The molecule has 2 rings (SSSR count). The lowest BCUT2D eigenvalue weighted by molar-refractivity contribution is 0.101. The highest BCUT2D eigenvalue weighted by molar-refractivity contribution is 5.94. The lowest BCUT2D eigenvalue weighted by atomic mass is 9.79. The van der Waals surface area contributed by atoms with E-state index >= 15 is 0 Å². The van der Waals surface area contributed by atoms with Crippen molar-refractivity contribution in [1.82, 2.24) is 0 Å². The van der Waals surface area contributed by atoms with Crippen LogP contribution in [0.4, 0.5) is 5.69 Å². The number of ketones is 1. The van der Waals surface area contributed by atoms with Gasteiger partial charge in [0.05, 0.1) is 0 Å². The van der Waals surface area contributed by atoms with Crippen LogP contribution in [0.5, 0.6) is 0 Å². The summed E-state index contributed by atoms with van der Waals surface area (Å²) < 4.78 is 0. The third kappa shape index (κ3) is 2.66. The van der Waals surface area contributed by atoms with Gasteiger partial charge in [0.15, 0.2) is 5.78 Å². The maximum atomic E-state index is 11.3. The van der Waals surface area contributed by atoms with Crippen molar-refractivity contribution in [2.75, 3.05) is 18.1 Å². The first-order valence-electron chi connectivity index (χ1n) is 6.96. The Morgan fingerprint density at radius 2 is 2.00 bits per heavy atom. The van der Waals surface area contributed by atoms with Crippen molar-refractivity contribution >= 4 is 11.5 Å². The van der Waals surface area contributed by atoms with E-state index in [0.717, 1.165) is 30.6 Å². The zero-order valence-corrected chi connectivity index (χ0v) is 12.0. The predicted molar refractivity (Wildman–Crippen MR) is 77.7 cm³/mol. The fraction of sp³-hybridized carbons (Fsp3) is 0.562. The molecule has 1 aromatic carbocycles. The van der Waals surface area contributed by atoms with Gasteiger partial charge in [0, 0.05) is 35.9 Å². The van der Waals surface area contributed by atoms with E-state index in [4.69, 9.17) is 0 Å². The van der Waals surface area contributed by atoms with Gasteiger partial charge >= 0.3 is 0 Å². The Labute approximate surface area is 115 Å². The van der Waals surface area contributed by atoms with Gasteiger partial charge in [-0.2, -0.15) is 0 Å². The van der Waals surface area contributed by atoms with Crippen LogP contribution >= 0.6 is 0 Å². The second kappa shape index (κ2) is 5.33. The molecule has 1 unspecified atom stereocenters. The largest absolute Gasteiger partial charge is 0.396 e. The van der Waals surface area contributed by atoms with E-state index in [1.165, 1.54) is 0 Å². The van der Waals surface area contributed by atoms with E-state index < -0.39 is 0 Å². The number of carbonyl (C=O) groups excluding carboxylic acids is 1. The first kappa shape index (κ1) is 14.1. The molecule has 0 aliphatic carbocycles. The van der Waals surface area contributed by atoms with Gasteiger partial charge in [0.2, 0.25) is 0 Å². The SMILES string of the molecule is CC(=O)c1ccc(N2CCCC(CO)C2(C)C)cc1. The molecular formula is C16H23NO2. The molecule has 3 heteroatoms. The average Bonchev–Trinajstić information content (AvgIpc) is 2.38. The number of anilines is 1. The molecule has 19 heavy (non-hydrogen) atoms. The van der Waals surface area contributed by atoms with E-state index in [9.17, 15) is 9.90 Å². The molecule has 1 atom stereocenters. The molecule has 0 amide bonds. The fourth-order valence-electron chi connectivity index (χ4n) is 3.01. The van der Waals surface area contributed by atoms with Gasteiger partial charge in [0.25, 0.3) is 0 Å². The highest BCUT2D eigenvalue weighted by Crippen LogP contribution is 2.36. The summed E-state index contributed by atoms with van der Waals surface area (Å²) in [5.74, 6) is 0.395. The summed E-state index contributed by atoms with van der Waals surface area (Å²) in [7, 11) is 0. The molecule has 0 saturated carbocycles. The number of carbonyl (C=O) groups is 1. The molecule has 0 spiro atoms. The van der Waals surface area contributed by atoms with Crippen molar-refractivity contribution in [3.8, 4) is 0 Å². The second-order valence-electron chi connectivity index (χ2n) is 5.93. The maximum Gasteiger partial charge on any atom is 0.159 e. The predicted octanol–water partition coefficient (Wildman–Crippen LogP) is 2.88. The number of Topliss-reactive ketones (excluding diaryl/α,β-unsaturated/α-hetero) is 1. The second-order valence-corrected chi connectivity index (χ2v) is 5.93.